The Kier molecular flexibility index (Phi) is 6.31. The van der Waals surface area contributed by atoms with E-state index in [1.807, 2.05) is 20.8 Å². The van der Waals surface area contributed by atoms with Gasteiger partial charge in [0, 0.05) is 6.61 Å². The summed E-state index contributed by atoms with van der Waals surface area (Å²) in [6, 6.07) is 0. The molecule has 86 valence electrons. The topological polar surface area (TPSA) is 69.4 Å². The molecular formula is C9H21NO3S. The molecule has 0 heterocycles. The fraction of sp³-hybridized carbons (Fsp3) is 1.00. The monoisotopic (exact) mass is 223 g/mol. The van der Waals surface area contributed by atoms with Crippen LogP contribution in [-0.4, -0.2) is 26.9 Å². The average Bonchev–Trinajstić information content (AvgIpc) is 1.99. The van der Waals surface area contributed by atoms with Gasteiger partial charge in [-0.2, -0.15) is 0 Å². The van der Waals surface area contributed by atoms with Gasteiger partial charge < -0.3 is 4.74 Å². The Labute approximate surface area is 86.9 Å². The number of hydrogen-bond donors (Lipinski definition) is 1. The molecule has 0 aromatic carbocycles. The molecule has 0 aromatic rings. The van der Waals surface area contributed by atoms with Crippen LogP contribution >= 0.6 is 0 Å². The van der Waals surface area contributed by atoms with Crippen LogP contribution in [0.5, 0.6) is 0 Å². The molecule has 0 aliphatic carbocycles. The number of nitrogens with two attached hydrogens (primary N) is 1. The van der Waals surface area contributed by atoms with Crippen LogP contribution < -0.4 is 5.14 Å². The molecule has 1 atom stereocenters. The van der Waals surface area contributed by atoms with E-state index in [4.69, 9.17) is 9.88 Å². The molecule has 5 heteroatoms. The molecule has 0 saturated carbocycles. The van der Waals surface area contributed by atoms with Gasteiger partial charge >= 0.3 is 0 Å². The number of rotatable bonds is 7. The van der Waals surface area contributed by atoms with E-state index in [-0.39, 0.29) is 11.9 Å². The van der Waals surface area contributed by atoms with Crippen molar-refractivity contribution in [1.29, 1.82) is 0 Å². The van der Waals surface area contributed by atoms with E-state index in [1.54, 1.807) is 0 Å². The number of hydrogen-bond acceptors (Lipinski definition) is 3. The standard InChI is InChI=1S/C9H21NO3S/c1-8(2)13-6-4-9(3)5-7-14(10,11)12/h8-9H,4-7H2,1-3H3,(H2,10,11,12). The molecule has 0 rings (SSSR count). The van der Waals surface area contributed by atoms with Crippen LogP contribution in [0.3, 0.4) is 0 Å². The Morgan fingerprint density at radius 3 is 2.21 bits per heavy atom. The molecule has 0 aliphatic heterocycles. The maximum absolute atomic E-state index is 10.7. The zero-order valence-corrected chi connectivity index (χ0v) is 10.0. The second-order valence-electron chi connectivity index (χ2n) is 3.97. The SMILES string of the molecule is CC(CCOC(C)C)CCS(N)(=O)=O. The second kappa shape index (κ2) is 6.37. The third-order valence-corrected chi connectivity index (χ3v) is 2.76. The fourth-order valence-electron chi connectivity index (χ4n) is 1.01. The summed E-state index contributed by atoms with van der Waals surface area (Å²) in [5.74, 6) is 0.405. The summed E-state index contributed by atoms with van der Waals surface area (Å²) in [4.78, 5) is 0. The number of primary sulfonamides is 1. The maximum Gasteiger partial charge on any atom is 0.209 e. The first-order valence-electron chi connectivity index (χ1n) is 4.93. The Morgan fingerprint density at radius 1 is 1.21 bits per heavy atom. The van der Waals surface area contributed by atoms with Crippen molar-refractivity contribution >= 4 is 10.0 Å². The van der Waals surface area contributed by atoms with E-state index in [1.165, 1.54) is 0 Å². The first-order chi connectivity index (χ1) is 6.31. The zero-order chi connectivity index (χ0) is 11.2. The molecule has 0 saturated heterocycles. The Morgan fingerprint density at radius 2 is 1.79 bits per heavy atom. The quantitative estimate of drug-likeness (QED) is 0.703. The van der Waals surface area contributed by atoms with Crippen molar-refractivity contribution in [3.05, 3.63) is 0 Å². The normalized spacial score (nSPS) is 14.6. The molecular weight excluding hydrogens is 202 g/mol. The number of sulfonamides is 1. The van der Waals surface area contributed by atoms with Crippen molar-refractivity contribution in [2.45, 2.75) is 39.7 Å². The van der Waals surface area contributed by atoms with E-state index in [2.05, 4.69) is 0 Å². The van der Waals surface area contributed by atoms with Crippen molar-refractivity contribution in [2.75, 3.05) is 12.4 Å². The van der Waals surface area contributed by atoms with Gasteiger partial charge in [0.25, 0.3) is 0 Å². The van der Waals surface area contributed by atoms with Gasteiger partial charge in [0.2, 0.25) is 10.0 Å². The molecule has 14 heavy (non-hydrogen) atoms. The summed E-state index contributed by atoms with van der Waals surface area (Å²) in [6.45, 7) is 6.66. The van der Waals surface area contributed by atoms with E-state index in [9.17, 15) is 8.42 Å². The van der Waals surface area contributed by atoms with Crippen molar-refractivity contribution in [3.8, 4) is 0 Å². The molecule has 0 bridgehead atoms. The molecule has 0 aromatic heterocycles. The fourth-order valence-corrected chi connectivity index (χ4v) is 1.75. The van der Waals surface area contributed by atoms with Crippen LogP contribution in [-0.2, 0) is 14.8 Å². The lowest BCUT2D eigenvalue weighted by Gasteiger charge is -2.12. The van der Waals surface area contributed by atoms with E-state index in [0.717, 1.165) is 6.42 Å². The summed E-state index contributed by atoms with van der Waals surface area (Å²) in [6.07, 6.45) is 1.73. The van der Waals surface area contributed by atoms with Gasteiger partial charge in [-0.25, -0.2) is 13.6 Å². The predicted molar refractivity (Wildman–Crippen MR) is 57.5 cm³/mol. The van der Waals surface area contributed by atoms with Crippen molar-refractivity contribution in [3.63, 3.8) is 0 Å². The predicted octanol–water partition coefficient (Wildman–Crippen LogP) is 1.12. The highest BCUT2D eigenvalue weighted by Gasteiger charge is 2.08. The third-order valence-electron chi connectivity index (χ3n) is 1.96. The highest BCUT2D eigenvalue weighted by molar-refractivity contribution is 7.89. The minimum absolute atomic E-state index is 0.0653. The minimum atomic E-state index is -3.30. The summed E-state index contributed by atoms with van der Waals surface area (Å²) in [5, 5.41) is 4.90. The summed E-state index contributed by atoms with van der Waals surface area (Å²) in [5.41, 5.74) is 0. The summed E-state index contributed by atoms with van der Waals surface area (Å²) < 4.78 is 26.7. The first-order valence-corrected chi connectivity index (χ1v) is 6.65. The molecule has 0 amide bonds. The lowest BCUT2D eigenvalue weighted by Crippen LogP contribution is -2.18. The van der Waals surface area contributed by atoms with Crippen LogP contribution in [0.15, 0.2) is 0 Å². The van der Waals surface area contributed by atoms with E-state index >= 15 is 0 Å². The van der Waals surface area contributed by atoms with Crippen LogP contribution in [0, 0.1) is 5.92 Å². The zero-order valence-electron chi connectivity index (χ0n) is 9.19. The van der Waals surface area contributed by atoms with Crippen LogP contribution in [0.1, 0.15) is 33.6 Å². The van der Waals surface area contributed by atoms with Gasteiger partial charge in [-0.3, -0.25) is 0 Å². The highest BCUT2D eigenvalue weighted by Crippen LogP contribution is 2.08. The van der Waals surface area contributed by atoms with Crippen LogP contribution in [0.25, 0.3) is 0 Å². The third kappa shape index (κ3) is 9.95. The molecule has 2 N–H and O–H groups in total. The van der Waals surface area contributed by atoms with Crippen molar-refractivity contribution < 1.29 is 13.2 Å². The van der Waals surface area contributed by atoms with Crippen molar-refractivity contribution in [2.24, 2.45) is 11.1 Å². The van der Waals surface area contributed by atoms with Crippen molar-refractivity contribution in [1.82, 2.24) is 0 Å². The lowest BCUT2D eigenvalue weighted by molar-refractivity contribution is 0.0695. The molecule has 0 spiro atoms. The Balaban J connectivity index is 3.51. The van der Waals surface area contributed by atoms with Gasteiger partial charge in [-0.15, -0.1) is 0 Å². The first kappa shape index (κ1) is 13.9. The Hall–Kier alpha value is -0.130. The summed E-state index contributed by atoms with van der Waals surface area (Å²) in [7, 11) is -3.30. The maximum atomic E-state index is 10.7. The van der Waals surface area contributed by atoms with E-state index in [0.29, 0.717) is 18.9 Å². The van der Waals surface area contributed by atoms with E-state index < -0.39 is 10.0 Å². The van der Waals surface area contributed by atoms with Crippen LogP contribution in [0.2, 0.25) is 0 Å². The highest BCUT2D eigenvalue weighted by atomic mass is 32.2. The largest absolute Gasteiger partial charge is 0.379 e. The van der Waals surface area contributed by atoms with Gasteiger partial charge in [-0.05, 0) is 32.6 Å². The smallest absolute Gasteiger partial charge is 0.209 e. The molecule has 4 nitrogen and oxygen atoms in total. The van der Waals surface area contributed by atoms with Crippen LogP contribution in [0.4, 0.5) is 0 Å². The molecule has 0 aliphatic rings. The number of ether oxygens (including phenoxy) is 1. The minimum Gasteiger partial charge on any atom is -0.379 e. The summed E-state index contributed by atoms with van der Waals surface area (Å²) >= 11 is 0. The van der Waals surface area contributed by atoms with Gasteiger partial charge in [0.15, 0.2) is 0 Å². The lowest BCUT2D eigenvalue weighted by atomic mass is 10.1. The molecule has 1 unspecified atom stereocenters. The average molecular weight is 223 g/mol. The molecule has 0 fully saturated rings. The molecule has 0 radical (unpaired) electrons. The van der Waals surface area contributed by atoms with Gasteiger partial charge in [-0.1, -0.05) is 6.92 Å². The second-order valence-corrected chi connectivity index (χ2v) is 5.70. The van der Waals surface area contributed by atoms with Gasteiger partial charge in [0.1, 0.15) is 0 Å². The van der Waals surface area contributed by atoms with Gasteiger partial charge in [0.05, 0.1) is 11.9 Å². The Bertz CT molecular complexity index is 236.